The summed E-state index contributed by atoms with van der Waals surface area (Å²) in [5, 5.41) is 9.35. The molecule has 3 N–H and O–H groups in total. The van der Waals surface area contributed by atoms with Crippen LogP contribution in [0.2, 0.25) is 0 Å². The minimum Gasteiger partial charge on any atom is -0.322 e. The van der Waals surface area contributed by atoms with Crippen LogP contribution in [0.3, 0.4) is 0 Å². The van der Waals surface area contributed by atoms with Gasteiger partial charge < -0.3 is 15.5 Å². The van der Waals surface area contributed by atoms with Crippen LogP contribution in [-0.4, -0.2) is 47.8 Å². The van der Waals surface area contributed by atoms with Gasteiger partial charge in [-0.1, -0.05) is 18.2 Å². The van der Waals surface area contributed by atoms with Crippen LogP contribution in [0.1, 0.15) is 60.5 Å². The van der Waals surface area contributed by atoms with Gasteiger partial charge in [-0.2, -0.15) is 0 Å². The number of imide groups is 1. The number of fused-ring (bicyclic) bond motifs is 1. The van der Waals surface area contributed by atoms with Crippen LogP contribution >= 0.6 is 0 Å². The van der Waals surface area contributed by atoms with Crippen LogP contribution in [0.15, 0.2) is 18.2 Å². The molecule has 3 aliphatic heterocycles. The minimum atomic E-state index is -0.563. The molecule has 3 aliphatic rings. The molecule has 7 nitrogen and oxygen atoms in total. The lowest BCUT2D eigenvalue weighted by Gasteiger charge is -2.29. The summed E-state index contributed by atoms with van der Waals surface area (Å²) in [6.07, 6.45) is 4.27. The lowest BCUT2D eigenvalue weighted by Crippen LogP contribution is -2.52. The first kappa shape index (κ1) is 20.0. The second-order valence-electron chi connectivity index (χ2n) is 8.56. The molecule has 1 aromatic carbocycles. The highest BCUT2D eigenvalue weighted by Crippen LogP contribution is 2.30. The van der Waals surface area contributed by atoms with E-state index in [1.54, 1.807) is 4.90 Å². The highest BCUT2D eigenvalue weighted by molar-refractivity contribution is 6.05. The molecular weight excluding hydrogens is 368 g/mol. The average molecular weight is 399 g/mol. The molecule has 4 rings (SSSR count). The van der Waals surface area contributed by atoms with E-state index >= 15 is 0 Å². The molecule has 0 aliphatic carbocycles. The molecule has 0 spiro atoms. The van der Waals surface area contributed by atoms with Gasteiger partial charge in [-0.15, -0.1) is 0 Å². The topological polar surface area (TPSA) is 90.5 Å². The number of benzene rings is 1. The molecule has 0 saturated carbocycles. The number of nitrogens with zero attached hydrogens (tertiary/aromatic N) is 1. The van der Waals surface area contributed by atoms with Gasteiger partial charge in [0.25, 0.3) is 5.91 Å². The maximum Gasteiger partial charge on any atom is 0.255 e. The zero-order valence-electron chi connectivity index (χ0n) is 17.0. The molecule has 7 heteroatoms. The third-order valence-electron chi connectivity index (χ3n) is 6.43. The van der Waals surface area contributed by atoms with E-state index in [1.165, 1.54) is 12.8 Å². The fourth-order valence-electron chi connectivity index (χ4n) is 4.82. The molecule has 2 atom stereocenters. The Balaban J connectivity index is 1.40. The van der Waals surface area contributed by atoms with Crippen LogP contribution in [0, 0.1) is 5.92 Å². The predicted molar refractivity (Wildman–Crippen MR) is 109 cm³/mol. The third kappa shape index (κ3) is 4.36. The van der Waals surface area contributed by atoms with Crippen molar-refractivity contribution in [2.24, 2.45) is 5.92 Å². The van der Waals surface area contributed by atoms with Crippen LogP contribution < -0.4 is 16.0 Å². The first-order valence-electron chi connectivity index (χ1n) is 10.7. The lowest BCUT2D eigenvalue weighted by molar-refractivity contribution is -0.136. The van der Waals surface area contributed by atoms with Gasteiger partial charge in [0.2, 0.25) is 11.8 Å². The monoisotopic (exact) mass is 398 g/mol. The van der Waals surface area contributed by atoms with Gasteiger partial charge in [0.05, 0.1) is 0 Å². The lowest BCUT2D eigenvalue weighted by atomic mass is 9.91. The summed E-state index contributed by atoms with van der Waals surface area (Å²) in [4.78, 5) is 38.4. The van der Waals surface area contributed by atoms with E-state index in [9.17, 15) is 14.4 Å². The van der Waals surface area contributed by atoms with Gasteiger partial charge in [0.1, 0.15) is 6.04 Å². The van der Waals surface area contributed by atoms with Gasteiger partial charge in [0.15, 0.2) is 0 Å². The van der Waals surface area contributed by atoms with Crippen LogP contribution in [0.4, 0.5) is 0 Å². The van der Waals surface area contributed by atoms with E-state index in [-0.39, 0.29) is 24.1 Å². The number of hydrogen-bond acceptors (Lipinski definition) is 5. The number of carbonyl (C=O) groups is 3. The van der Waals surface area contributed by atoms with Gasteiger partial charge >= 0.3 is 0 Å². The largest absolute Gasteiger partial charge is 0.322 e. The predicted octanol–water partition coefficient (Wildman–Crippen LogP) is 1.32. The SMILES string of the molecule is CC(CC1CCNCC1)NCc1cccc2c1C(=O)N(C1CCC(=O)NC1=O)C2. The first-order chi connectivity index (χ1) is 14.0. The molecular formula is C22H30N4O3. The summed E-state index contributed by atoms with van der Waals surface area (Å²) in [6, 6.07) is 5.76. The highest BCUT2D eigenvalue weighted by Gasteiger charge is 2.39. The van der Waals surface area contributed by atoms with Gasteiger partial charge in [0, 0.05) is 31.1 Å². The van der Waals surface area contributed by atoms with Crippen LogP contribution in [-0.2, 0) is 22.7 Å². The number of rotatable bonds is 6. The van der Waals surface area contributed by atoms with Crippen molar-refractivity contribution >= 4 is 17.7 Å². The molecule has 2 fully saturated rings. The fraction of sp³-hybridized carbons (Fsp3) is 0.591. The Morgan fingerprint density at radius 2 is 1.97 bits per heavy atom. The van der Waals surface area contributed by atoms with Gasteiger partial charge in [-0.05, 0) is 62.7 Å². The molecule has 156 valence electrons. The van der Waals surface area contributed by atoms with Gasteiger partial charge in [-0.3, -0.25) is 19.7 Å². The number of piperidine rings is 2. The molecule has 29 heavy (non-hydrogen) atoms. The molecule has 2 saturated heterocycles. The zero-order chi connectivity index (χ0) is 20.4. The minimum absolute atomic E-state index is 0.0992. The molecule has 0 radical (unpaired) electrons. The fourth-order valence-corrected chi connectivity index (χ4v) is 4.82. The average Bonchev–Trinajstić information content (AvgIpc) is 3.04. The van der Waals surface area contributed by atoms with Crippen molar-refractivity contribution in [2.75, 3.05) is 13.1 Å². The summed E-state index contributed by atoms with van der Waals surface area (Å²) >= 11 is 0. The normalized spacial score (nSPS) is 23.8. The van der Waals surface area contributed by atoms with E-state index < -0.39 is 6.04 Å². The Kier molecular flexibility index (Phi) is 5.96. The van der Waals surface area contributed by atoms with Crippen molar-refractivity contribution in [3.63, 3.8) is 0 Å². The Morgan fingerprint density at radius 1 is 1.17 bits per heavy atom. The van der Waals surface area contributed by atoms with E-state index in [0.717, 1.165) is 42.1 Å². The Hall–Kier alpha value is -2.25. The van der Waals surface area contributed by atoms with E-state index in [4.69, 9.17) is 0 Å². The Labute approximate surface area is 171 Å². The maximum atomic E-state index is 13.1. The van der Waals surface area contributed by atoms with E-state index in [1.807, 2.05) is 18.2 Å². The maximum absolute atomic E-state index is 13.1. The van der Waals surface area contributed by atoms with Crippen molar-refractivity contribution in [3.05, 3.63) is 34.9 Å². The molecule has 3 heterocycles. The summed E-state index contributed by atoms with van der Waals surface area (Å²) < 4.78 is 0. The molecule has 2 unspecified atom stereocenters. The number of nitrogens with one attached hydrogen (secondary N) is 3. The molecule has 3 amide bonds. The van der Waals surface area contributed by atoms with Crippen molar-refractivity contribution in [2.45, 2.75) is 64.2 Å². The molecule has 0 bridgehead atoms. The standard InChI is InChI=1S/C22H30N4O3/c1-14(11-15-7-9-23-10-8-15)24-12-16-3-2-4-17-13-26(22(29)20(16)17)18-5-6-19(27)25-21(18)28/h2-4,14-15,18,23-24H,5-13H2,1H3,(H,25,27,28). The number of amides is 3. The van der Waals surface area contributed by atoms with Crippen molar-refractivity contribution in [3.8, 4) is 0 Å². The third-order valence-corrected chi connectivity index (χ3v) is 6.43. The second-order valence-corrected chi connectivity index (χ2v) is 8.56. The molecule has 1 aromatic rings. The summed E-state index contributed by atoms with van der Waals surface area (Å²) in [5.41, 5.74) is 2.67. The summed E-state index contributed by atoms with van der Waals surface area (Å²) in [6.45, 7) is 5.49. The van der Waals surface area contributed by atoms with Crippen LogP contribution in [0.5, 0.6) is 0 Å². The van der Waals surface area contributed by atoms with Crippen molar-refractivity contribution < 1.29 is 14.4 Å². The molecule has 0 aromatic heterocycles. The van der Waals surface area contributed by atoms with Crippen molar-refractivity contribution in [1.82, 2.24) is 20.9 Å². The summed E-state index contributed by atoms with van der Waals surface area (Å²) in [5.74, 6) is 0.0310. The summed E-state index contributed by atoms with van der Waals surface area (Å²) in [7, 11) is 0. The van der Waals surface area contributed by atoms with Gasteiger partial charge in [-0.25, -0.2) is 0 Å². The number of hydrogen-bond donors (Lipinski definition) is 3. The Morgan fingerprint density at radius 3 is 2.72 bits per heavy atom. The van der Waals surface area contributed by atoms with Crippen molar-refractivity contribution in [1.29, 1.82) is 0 Å². The second kappa shape index (κ2) is 8.63. The number of carbonyl (C=O) groups excluding carboxylic acids is 3. The first-order valence-corrected chi connectivity index (χ1v) is 10.7. The van der Waals surface area contributed by atoms with Crippen LogP contribution in [0.25, 0.3) is 0 Å². The Bertz CT molecular complexity index is 803. The zero-order valence-corrected chi connectivity index (χ0v) is 17.0. The van der Waals surface area contributed by atoms with E-state index in [0.29, 0.717) is 25.6 Å². The van der Waals surface area contributed by atoms with E-state index in [2.05, 4.69) is 22.9 Å². The highest BCUT2D eigenvalue weighted by atomic mass is 16.2. The quantitative estimate of drug-likeness (QED) is 0.629. The smallest absolute Gasteiger partial charge is 0.255 e.